The number of rotatable bonds is 3. The zero-order chi connectivity index (χ0) is 13.1. The van der Waals surface area contributed by atoms with Gasteiger partial charge in [0, 0.05) is 18.8 Å². The Morgan fingerprint density at radius 1 is 1.39 bits per heavy atom. The predicted octanol–water partition coefficient (Wildman–Crippen LogP) is 1.14. The van der Waals surface area contributed by atoms with Crippen LogP contribution < -0.4 is 5.73 Å². The van der Waals surface area contributed by atoms with Gasteiger partial charge in [0.1, 0.15) is 11.6 Å². The van der Waals surface area contributed by atoms with Gasteiger partial charge >= 0.3 is 0 Å². The molecule has 0 saturated carbocycles. The summed E-state index contributed by atoms with van der Waals surface area (Å²) in [6.45, 7) is 1.42. The van der Waals surface area contributed by atoms with E-state index in [0.29, 0.717) is 13.1 Å². The fourth-order valence-corrected chi connectivity index (χ4v) is 3.01. The molecule has 1 amide bonds. The topological polar surface area (TPSA) is 63.4 Å². The number of nitrogens with zero attached hydrogens (tertiary/aromatic N) is 1. The molecule has 1 unspecified atom stereocenters. The predicted molar refractivity (Wildman–Crippen MR) is 67.9 cm³/mol. The number of halogens is 1. The summed E-state index contributed by atoms with van der Waals surface area (Å²) in [6, 6.07) is 3.97. The number of nitrogens with two attached hydrogens (primary N) is 1. The summed E-state index contributed by atoms with van der Waals surface area (Å²) in [5.74, 6) is -0.967. The zero-order valence-corrected chi connectivity index (χ0v) is 10.7. The van der Waals surface area contributed by atoms with Crippen molar-refractivity contribution in [3.8, 4) is 0 Å². The molecule has 1 aliphatic rings. The molecule has 1 atom stereocenters. The van der Waals surface area contributed by atoms with E-state index < -0.39 is 16.6 Å². The lowest BCUT2D eigenvalue weighted by atomic mass is 10.3. The van der Waals surface area contributed by atoms with Crippen LogP contribution in [0.15, 0.2) is 23.1 Å². The maximum Gasteiger partial charge on any atom is 0.235 e. The first-order valence-electron chi connectivity index (χ1n) is 5.79. The molecular weight excluding hydrogens is 255 g/mol. The van der Waals surface area contributed by atoms with Gasteiger partial charge in [-0.15, -0.1) is 0 Å². The van der Waals surface area contributed by atoms with Gasteiger partial charge < -0.3 is 10.6 Å². The van der Waals surface area contributed by atoms with E-state index in [-0.39, 0.29) is 22.2 Å². The molecule has 1 aromatic rings. The number of likely N-dealkylation sites (tertiary alicyclic amines) is 1. The van der Waals surface area contributed by atoms with E-state index in [9.17, 15) is 13.4 Å². The summed E-state index contributed by atoms with van der Waals surface area (Å²) in [7, 11) is -1.65. The third kappa shape index (κ3) is 2.87. The average molecular weight is 270 g/mol. The van der Waals surface area contributed by atoms with Gasteiger partial charge in [-0.1, -0.05) is 0 Å². The van der Waals surface area contributed by atoms with Crippen LogP contribution in [0.3, 0.4) is 0 Å². The van der Waals surface area contributed by atoms with Gasteiger partial charge in [-0.25, -0.2) is 4.39 Å². The monoisotopic (exact) mass is 270 g/mol. The highest BCUT2D eigenvalue weighted by atomic mass is 32.2. The summed E-state index contributed by atoms with van der Waals surface area (Å²) < 4.78 is 25.5. The van der Waals surface area contributed by atoms with Crippen LogP contribution in [0.25, 0.3) is 0 Å². The van der Waals surface area contributed by atoms with Crippen molar-refractivity contribution in [2.24, 2.45) is 0 Å². The van der Waals surface area contributed by atoms with Crippen molar-refractivity contribution in [3.05, 3.63) is 24.0 Å². The van der Waals surface area contributed by atoms with Crippen molar-refractivity contribution >= 4 is 22.4 Å². The second kappa shape index (κ2) is 5.48. The molecule has 98 valence electrons. The number of carbonyl (C=O) groups is 1. The summed E-state index contributed by atoms with van der Waals surface area (Å²) >= 11 is 0. The minimum Gasteiger partial charge on any atom is -0.399 e. The molecule has 0 aliphatic carbocycles. The molecule has 6 heteroatoms. The van der Waals surface area contributed by atoms with E-state index in [2.05, 4.69) is 0 Å². The third-order valence-corrected chi connectivity index (χ3v) is 4.25. The molecule has 4 nitrogen and oxygen atoms in total. The highest BCUT2D eigenvalue weighted by Gasteiger charge is 2.21. The fourth-order valence-electron chi connectivity index (χ4n) is 1.95. The van der Waals surface area contributed by atoms with Crippen molar-refractivity contribution in [2.45, 2.75) is 17.7 Å². The number of benzene rings is 1. The first-order valence-corrected chi connectivity index (χ1v) is 7.11. The van der Waals surface area contributed by atoms with Gasteiger partial charge in [0.25, 0.3) is 0 Å². The Balaban J connectivity index is 2.05. The molecule has 18 heavy (non-hydrogen) atoms. The van der Waals surface area contributed by atoms with Crippen molar-refractivity contribution in [1.29, 1.82) is 0 Å². The molecule has 1 heterocycles. The molecule has 1 saturated heterocycles. The SMILES string of the molecule is Nc1ccc(S(=O)CC(=O)N2CCCC2)c(F)c1. The largest absolute Gasteiger partial charge is 0.399 e. The zero-order valence-electron chi connectivity index (χ0n) is 9.89. The van der Waals surface area contributed by atoms with Crippen LogP contribution in [0.1, 0.15) is 12.8 Å². The molecule has 0 bridgehead atoms. The number of hydrogen-bond donors (Lipinski definition) is 1. The van der Waals surface area contributed by atoms with Gasteiger partial charge in [-0.2, -0.15) is 0 Å². The Kier molecular flexibility index (Phi) is 3.96. The Labute approximate surface area is 107 Å². The fraction of sp³-hybridized carbons (Fsp3) is 0.417. The van der Waals surface area contributed by atoms with Crippen LogP contribution in [0.2, 0.25) is 0 Å². The van der Waals surface area contributed by atoms with Gasteiger partial charge in [0.15, 0.2) is 0 Å². The minimum atomic E-state index is -1.65. The van der Waals surface area contributed by atoms with Crippen LogP contribution in [-0.2, 0) is 15.6 Å². The van der Waals surface area contributed by atoms with Crippen molar-refractivity contribution in [3.63, 3.8) is 0 Å². The number of amides is 1. The van der Waals surface area contributed by atoms with Crippen LogP contribution in [0.5, 0.6) is 0 Å². The molecule has 0 radical (unpaired) electrons. The first kappa shape index (κ1) is 13.0. The number of anilines is 1. The lowest BCUT2D eigenvalue weighted by Gasteiger charge is -2.14. The van der Waals surface area contributed by atoms with Gasteiger partial charge in [-0.3, -0.25) is 9.00 Å². The summed E-state index contributed by atoms with van der Waals surface area (Å²) in [5.41, 5.74) is 5.69. The number of hydrogen-bond acceptors (Lipinski definition) is 3. The smallest absolute Gasteiger partial charge is 0.235 e. The second-order valence-corrected chi connectivity index (χ2v) is 5.69. The Bertz CT molecular complexity index is 487. The van der Waals surface area contributed by atoms with Crippen molar-refractivity contribution in [2.75, 3.05) is 24.6 Å². The standard InChI is InChI=1S/C12H15FN2O2S/c13-10-7-9(14)3-4-11(10)18(17)8-12(16)15-5-1-2-6-15/h3-4,7H,1-2,5-6,8,14H2. The lowest BCUT2D eigenvalue weighted by molar-refractivity contribution is -0.127. The first-order chi connectivity index (χ1) is 8.58. The number of nitrogen functional groups attached to an aromatic ring is 1. The molecule has 1 fully saturated rings. The van der Waals surface area contributed by atoms with E-state index in [1.165, 1.54) is 12.1 Å². The van der Waals surface area contributed by atoms with Crippen LogP contribution in [0.4, 0.5) is 10.1 Å². The quantitative estimate of drug-likeness (QED) is 0.838. The van der Waals surface area contributed by atoms with E-state index >= 15 is 0 Å². The van der Waals surface area contributed by atoms with Crippen LogP contribution in [0, 0.1) is 5.82 Å². The van der Waals surface area contributed by atoms with E-state index in [0.717, 1.165) is 18.9 Å². The molecule has 1 aromatic carbocycles. The van der Waals surface area contributed by atoms with Crippen LogP contribution in [-0.4, -0.2) is 33.9 Å². The summed E-state index contributed by atoms with van der Waals surface area (Å²) in [5, 5.41) is 0. The van der Waals surface area contributed by atoms with E-state index in [1.807, 2.05) is 0 Å². The normalized spacial score (nSPS) is 16.8. The Morgan fingerprint density at radius 2 is 2.06 bits per heavy atom. The molecule has 2 N–H and O–H groups in total. The third-order valence-electron chi connectivity index (χ3n) is 2.91. The molecular formula is C12H15FN2O2S. The Morgan fingerprint density at radius 3 is 2.67 bits per heavy atom. The molecule has 1 aliphatic heterocycles. The van der Waals surface area contributed by atoms with Gasteiger partial charge in [0.05, 0.1) is 15.7 Å². The maximum absolute atomic E-state index is 13.5. The minimum absolute atomic E-state index is 0.0387. The highest BCUT2D eigenvalue weighted by Crippen LogP contribution is 2.17. The lowest BCUT2D eigenvalue weighted by Crippen LogP contribution is -2.31. The second-order valence-electron chi connectivity index (χ2n) is 4.27. The summed E-state index contributed by atoms with van der Waals surface area (Å²) in [4.78, 5) is 13.5. The summed E-state index contributed by atoms with van der Waals surface area (Å²) in [6.07, 6.45) is 1.96. The van der Waals surface area contributed by atoms with Crippen molar-refractivity contribution < 1.29 is 13.4 Å². The Hall–Kier alpha value is -1.43. The van der Waals surface area contributed by atoms with Crippen LogP contribution >= 0.6 is 0 Å². The van der Waals surface area contributed by atoms with Gasteiger partial charge in [0.2, 0.25) is 5.91 Å². The van der Waals surface area contributed by atoms with E-state index in [4.69, 9.17) is 5.73 Å². The maximum atomic E-state index is 13.5. The highest BCUT2D eigenvalue weighted by molar-refractivity contribution is 7.85. The van der Waals surface area contributed by atoms with Crippen molar-refractivity contribution in [1.82, 2.24) is 4.90 Å². The molecule has 0 spiro atoms. The molecule has 0 aromatic heterocycles. The number of carbonyl (C=O) groups excluding carboxylic acids is 1. The van der Waals surface area contributed by atoms with Gasteiger partial charge in [-0.05, 0) is 31.0 Å². The molecule has 2 rings (SSSR count). The average Bonchev–Trinajstić information content (AvgIpc) is 2.81. The van der Waals surface area contributed by atoms with E-state index in [1.54, 1.807) is 4.90 Å².